The zero-order valence-corrected chi connectivity index (χ0v) is 7.67. The normalized spacial score (nSPS) is 15.9. The fraction of sp³-hybridized carbons (Fsp3) is 1.00. The molecule has 7 nitrogen and oxygen atoms in total. The summed E-state index contributed by atoms with van der Waals surface area (Å²) in [5, 5.41) is 0. The van der Waals surface area contributed by atoms with Crippen molar-refractivity contribution in [2.45, 2.75) is 12.4 Å². The van der Waals surface area contributed by atoms with Crippen LogP contribution < -0.4 is 0 Å². The van der Waals surface area contributed by atoms with E-state index >= 15 is 0 Å². The molecule has 0 aromatic carbocycles. The van der Waals surface area contributed by atoms with Crippen molar-refractivity contribution in [3.8, 4) is 0 Å². The van der Waals surface area contributed by atoms with Gasteiger partial charge in [-0.05, 0) is 6.92 Å². The van der Waals surface area contributed by atoms with Gasteiger partial charge in [0.05, 0.1) is 0 Å². The first-order chi connectivity index (χ1) is 5.13. The Morgan fingerprint density at radius 3 is 1.92 bits per heavy atom. The lowest BCUT2D eigenvalue weighted by Gasteiger charge is -2.07. The van der Waals surface area contributed by atoms with Crippen LogP contribution in [0.5, 0.6) is 0 Å². The van der Waals surface area contributed by atoms with Crippen LogP contribution in [0.15, 0.2) is 0 Å². The summed E-state index contributed by atoms with van der Waals surface area (Å²) in [6, 6.07) is 0. The molecule has 0 saturated heterocycles. The molecule has 12 heavy (non-hydrogen) atoms. The molecule has 2 N–H and O–H groups in total. The Morgan fingerprint density at radius 1 is 1.25 bits per heavy atom. The molecule has 0 amide bonds. The highest BCUT2D eigenvalue weighted by atomic mass is 32.2. The van der Waals surface area contributed by atoms with E-state index in [0.717, 1.165) is 6.92 Å². The quantitative estimate of drug-likeness (QED) is 0.588. The van der Waals surface area contributed by atoms with Crippen LogP contribution in [0.2, 0.25) is 0 Å². The molecule has 1 unspecified atom stereocenters. The van der Waals surface area contributed by atoms with Crippen LogP contribution in [-0.4, -0.2) is 37.3 Å². The van der Waals surface area contributed by atoms with E-state index in [0.29, 0.717) is 0 Å². The standard InChI is InChI=1S/C3H8O7S2/c1-3(12(7,8)9)10-2-11(4,5)6/h3H,2H2,1H3,(H,4,5,6)(H,7,8,9). The van der Waals surface area contributed by atoms with Gasteiger partial charge in [-0.1, -0.05) is 0 Å². The lowest BCUT2D eigenvalue weighted by atomic mass is 10.9. The third kappa shape index (κ3) is 5.43. The largest absolute Gasteiger partial charge is 0.342 e. The summed E-state index contributed by atoms with van der Waals surface area (Å²) < 4.78 is 60.9. The fourth-order valence-electron chi connectivity index (χ4n) is 0.268. The summed E-state index contributed by atoms with van der Waals surface area (Å²) in [6.45, 7) is 0.931. The predicted octanol–water partition coefficient (Wildman–Crippen LogP) is -0.918. The molecule has 0 aromatic rings. The van der Waals surface area contributed by atoms with Crippen molar-refractivity contribution < 1.29 is 30.7 Å². The molecule has 74 valence electrons. The molecule has 0 radical (unpaired) electrons. The molecule has 0 saturated carbocycles. The molecule has 0 fully saturated rings. The van der Waals surface area contributed by atoms with E-state index in [1.807, 2.05) is 0 Å². The Kier molecular flexibility index (Phi) is 3.59. The Balaban J connectivity index is 4.16. The van der Waals surface area contributed by atoms with Gasteiger partial charge in [0.2, 0.25) is 0 Å². The van der Waals surface area contributed by atoms with Crippen molar-refractivity contribution in [1.29, 1.82) is 0 Å². The molecule has 0 bridgehead atoms. The van der Waals surface area contributed by atoms with E-state index in [1.54, 1.807) is 0 Å². The molecule has 0 aliphatic heterocycles. The Morgan fingerprint density at radius 2 is 1.67 bits per heavy atom. The van der Waals surface area contributed by atoms with E-state index in [9.17, 15) is 16.8 Å². The minimum atomic E-state index is -4.42. The zero-order valence-electron chi connectivity index (χ0n) is 6.04. The second-order valence-corrected chi connectivity index (χ2v) is 5.04. The highest BCUT2D eigenvalue weighted by Gasteiger charge is 2.19. The second kappa shape index (κ2) is 3.66. The first kappa shape index (κ1) is 11.8. The van der Waals surface area contributed by atoms with Gasteiger partial charge in [-0.2, -0.15) is 16.8 Å². The van der Waals surface area contributed by atoms with Crippen LogP contribution in [0.4, 0.5) is 0 Å². The summed E-state index contributed by atoms with van der Waals surface area (Å²) in [4.78, 5) is 0. The monoisotopic (exact) mass is 220 g/mol. The minimum absolute atomic E-state index is 0.931. The predicted molar refractivity (Wildman–Crippen MR) is 38.5 cm³/mol. The van der Waals surface area contributed by atoms with Gasteiger partial charge in [-0.25, -0.2) is 0 Å². The van der Waals surface area contributed by atoms with Crippen LogP contribution in [0.1, 0.15) is 6.92 Å². The third-order valence-corrected chi connectivity index (χ3v) is 2.28. The van der Waals surface area contributed by atoms with Gasteiger partial charge in [0.25, 0.3) is 20.2 Å². The van der Waals surface area contributed by atoms with Crippen LogP contribution in [-0.2, 0) is 25.0 Å². The molecule has 9 heteroatoms. The molecule has 0 aliphatic rings. The lowest BCUT2D eigenvalue weighted by molar-refractivity contribution is 0.144. The molecule has 0 aromatic heterocycles. The van der Waals surface area contributed by atoms with Gasteiger partial charge in [-0.15, -0.1) is 0 Å². The summed E-state index contributed by atoms with van der Waals surface area (Å²) >= 11 is 0. The number of hydrogen-bond acceptors (Lipinski definition) is 5. The van der Waals surface area contributed by atoms with E-state index in [-0.39, 0.29) is 0 Å². The van der Waals surface area contributed by atoms with Crippen molar-refractivity contribution in [1.82, 2.24) is 0 Å². The van der Waals surface area contributed by atoms with E-state index in [1.165, 1.54) is 0 Å². The molecule has 0 heterocycles. The average molecular weight is 220 g/mol. The first-order valence-electron chi connectivity index (χ1n) is 2.66. The summed E-state index contributed by atoms with van der Waals surface area (Å²) in [7, 11) is -8.80. The van der Waals surface area contributed by atoms with Crippen molar-refractivity contribution in [2.24, 2.45) is 0 Å². The maximum Gasteiger partial charge on any atom is 0.292 e. The van der Waals surface area contributed by atoms with Crippen LogP contribution in [0.25, 0.3) is 0 Å². The second-order valence-electron chi connectivity index (χ2n) is 1.95. The van der Waals surface area contributed by atoms with Gasteiger partial charge in [0.15, 0.2) is 11.4 Å². The molecule has 1 atom stereocenters. The highest BCUT2D eigenvalue weighted by molar-refractivity contribution is 7.86. The maximum atomic E-state index is 10.2. The zero-order chi connectivity index (χ0) is 9.99. The summed E-state index contributed by atoms with van der Waals surface area (Å²) in [5.41, 5.74) is -1.68. The average Bonchev–Trinajstić information content (AvgIpc) is 1.78. The van der Waals surface area contributed by atoms with Crippen molar-refractivity contribution in [3.63, 3.8) is 0 Å². The van der Waals surface area contributed by atoms with Crippen molar-refractivity contribution >= 4 is 20.2 Å². The highest BCUT2D eigenvalue weighted by Crippen LogP contribution is 2.00. The summed E-state index contributed by atoms with van der Waals surface area (Å²) in [5.74, 6) is -1.17. The fourth-order valence-corrected chi connectivity index (χ4v) is 0.970. The van der Waals surface area contributed by atoms with E-state index in [4.69, 9.17) is 9.11 Å². The minimum Gasteiger partial charge on any atom is -0.342 e. The van der Waals surface area contributed by atoms with Gasteiger partial charge >= 0.3 is 0 Å². The van der Waals surface area contributed by atoms with Crippen LogP contribution >= 0.6 is 0 Å². The van der Waals surface area contributed by atoms with Crippen molar-refractivity contribution in [3.05, 3.63) is 0 Å². The topological polar surface area (TPSA) is 118 Å². The number of ether oxygens (including phenoxy) is 1. The molecule has 0 spiro atoms. The van der Waals surface area contributed by atoms with Gasteiger partial charge in [0.1, 0.15) is 0 Å². The Hall–Kier alpha value is -0.220. The van der Waals surface area contributed by atoms with Crippen LogP contribution in [0, 0.1) is 0 Å². The smallest absolute Gasteiger partial charge is 0.292 e. The van der Waals surface area contributed by atoms with Crippen LogP contribution in [0.3, 0.4) is 0 Å². The molecular formula is C3H8O7S2. The van der Waals surface area contributed by atoms with E-state index in [2.05, 4.69) is 4.74 Å². The maximum absolute atomic E-state index is 10.2. The van der Waals surface area contributed by atoms with Crippen molar-refractivity contribution in [2.75, 3.05) is 5.94 Å². The number of rotatable bonds is 4. The SMILES string of the molecule is CC(OCS(=O)(=O)O)S(=O)(=O)O. The van der Waals surface area contributed by atoms with Gasteiger partial charge < -0.3 is 4.74 Å². The molecular weight excluding hydrogens is 212 g/mol. The first-order valence-corrected chi connectivity index (χ1v) is 5.77. The lowest BCUT2D eigenvalue weighted by Crippen LogP contribution is -2.23. The van der Waals surface area contributed by atoms with Gasteiger partial charge in [-0.3, -0.25) is 9.11 Å². The third-order valence-electron chi connectivity index (χ3n) is 0.871. The summed E-state index contributed by atoms with van der Waals surface area (Å²) in [6.07, 6.45) is 0. The number of hydrogen-bond donors (Lipinski definition) is 2. The Bertz CT molecular complexity index is 324. The molecule has 0 rings (SSSR count). The van der Waals surface area contributed by atoms with Gasteiger partial charge in [0, 0.05) is 0 Å². The Labute approximate surface area is 69.8 Å². The van der Waals surface area contributed by atoms with E-state index < -0.39 is 31.6 Å². The molecule has 0 aliphatic carbocycles.